The Balaban J connectivity index is 1.77. The number of aliphatic hydroxyl groups excluding tert-OH is 1. The van der Waals surface area contributed by atoms with Crippen molar-refractivity contribution in [3.05, 3.63) is 17.5 Å². The Kier molecular flexibility index (Phi) is 6.35. The van der Waals surface area contributed by atoms with Crippen LogP contribution in [0.3, 0.4) is 0 Å². The van der Waals surface area contributed by atoms with Crippen molar-refractivity contribution in [2.45, 2.75) is 32.9 Å². The lowest BCUT2D eigenvalue weighted by Crippen LogP contribution is -2.45. The topological polar surface area (TPSA) is 81.8 Å². The van der Waals surface area contributed by atoms with Gasteiger partial charge in [-0.05, 0) is 19.9 Å². The summed E-state index contributed by atoms with van der Waals surface area (Å²) < 4.78 is 5.25. The van der Waals surface area contributed by atoms with Crippen molar-refractivity contribution < 1.29 is 14.4 Å². The first-order valence-corrected chi connectivity index (χ1v) is 7.95. The van der Waals surface area contributed by atoms with Gasteiger partial charge in [0.05, 0.1) is 12.6 Å². The molecule has 0 bridgehead atoms. The van der Waals surface area contributed by atoms with E-state index in [1.807, 2.05) is 0 Å². The van der Waals surface area contributed by atoms with Crippen molar-refractivity contribution in [2.24, 2.45) is 0 Å². The van der Waals surface area contributed by atoms with E-state index in [0.717, 1.165) is 32.7 Å². The van der Waals surface area contributed by atoms with Gasteiger partial charge in [-0.2, -0.15) is 0 Å². The van der Waals surface area contributed by atoms with Gasteiger partial charge in [-0.3, -0.25) is 9.69 Å². The van der Waals surface area contributed by atoms with Gasteiger partial charge in [0, 0.05) is 38.8 Å². The summed E-state index contributed by atoms with van der Waals surface area (Å²) >= 11 is 0. The number of nitrogens with one attached hydrogen (secondary N) is 1. The molecule has 0 saturated carbocycles. The SMILES string of the molecule is CCN1CCN(Cc2cc(C(=O)NCCC(C)O)no2)CC1. The monoisotopic (exact) mass is 310 g/mol. The van der Waals surface area contributed by atoms with E-state index >= 15 is 0 Å². The van der Waals surface area contributed by atoms with Gasteiger partial charge < -0.3 is 19.8 Å². The molecule has 1 atom stereocenters. The van der Waals surface area contributed by atoms with E-state index in [0.29, 0.717) is 31.0 Å². The minimum Gasteiger partial charge on any atom is -0.393 e. The summed E-state index contributed by atoms with van der Waals surface area (Å²) in [5, 5.41) is 15.7. The molecule has 1 aliphatic heterocycles. The van der Waals surface area contributed by atoms with Crippen LogP contribution >= 0.6 is 0 Å². The fraction of sp³-hybridized carbons (Fsp3) is 0.733. The number of rotatable bonds is 7. The third kappa shape index (κ3) is 5.08. The zero-order valence-corrected chi connectivity index (χ0v) is 13.4. The van der Waals surface area contributed by atoms with Crippen LogP contribution in [0.4, 0.5) is 0 Å². The van der Waals surface area contributed by atoms with Crippen LogP contribution in [0.2, 0.25) is 0 Å². The first kappa shape index (κ1) is 16.9. The Morgan fingerprint density at radius 2 is 2.09 bits per heavy atom. The van der Waals surface area contributed by atoms with Gasteiger partial charge in [-0.1, -0.05) is 12.1 Å². The second kappa shape index (κ2) is 8.26. The molecule has 7 heteroatoms. The Morgan fingerprint density at radius 1 is 1.41 bits per heavy atom. The third-order valence-corrected chi connectivity index (χ3v) is 3.93. The van der Waals surface area contributed by atoms with Crippen molar-refractivity contribution in [2.75, 3.05) is 39.3 Å². The van der Waals surface area contributed by atoms with Gasteiger partial charge >= 0.3 is 0 Å². The number of hydrogen-bond acceptors (Lipinski definition) is 6. The minimum absolute atomic E-state index is 0.258. The lowest BCUT2D eigenvalue weighted by molar-refractivity contribution is 0.0936. The van der Waals surface area contributed by atoms with Crippen molar-refractivity contribution in [3.8, 4) is 0 Å². The number of carbonyl (C=O) groups is 1. The van der Waals surface area contributed by atoms with Gasteiger partial charge in [-0.25, -0.2) is 0 Å². The molecule has 1 amide bonds. The zero-order chi connectivity index (χ0) is 15.9. The maximum Gasteiger partial charge on any atom is 0.273 e. The number of hydrogen-bond donors (Lipinski definition) is 2. The summed E-state index contributed by atoms with van der Waals surface area (Å²) in [7, 11) is 0. The molecule has 2 heterocycles. The third-order valence-electron chi connectivity index (χ3n) is 3.93. The van der Waals surface area contributed by atoms with Crippen LogP contribution in [0.25, 0.3) is 0 Å². The van der Waals surface area contributed by atoms with Crippen LogP contribution in [0.15, 0.2) is 10.6 Å². The molecule has 2 N–H and O–H groups in total. The molecule has 7 nitrogen and oxygen atoms in total. The number of carbonyl (C=O) groups excluding carboxylic acids is 1. The van der Waals surface area contributed by atoms with E-state index in [9.17, 15) is 4.79 Å². The summed E-state index contributed by atoms with van der Waals surface area (Å²) in [6.45, 7) is 10.2. The van der Waals surface area contributed by atoms with Crippen LogP contribution < -0.4 is 5.32 Å². The number of piperazine rings is 1. The van der Waals surface area contributed by atoms with Gasteiger partial charge in [0.2, 0.25) is 0 Å². The van der Waals surface area contributed by atoms with Crippen molar-refractivity contribution >= 4 is 5.91 Å². The lowest BCUT2D eigenvalue weighted by atomic mass is 10.2. The average molecular weight is 310 g/mol. The number of nitrogens with zero attached hydrogens (tertiary/aromatic N) is 3. The van der Waals surface area contributed by atoms with Crippen molar-refractivity contribution in [1.82, 2.24) is 20.3 Å². The maximum atomic E-state index is 11.9. The van der Waals surface area contributed by atoms with Crippen molar-refractivity contribution in [3.63, 3.8) is 0 Å². The summed E-state index contributed by atoms with van der Waals surface area (Å²) in [5.74, 6) is 0.456. The summed E-state index contributed by atoms with van der Waals surface area (Å²) in [6, 6.07) is 1.70. The molecule has 0 aromatic carbocycles. The number of amides is 1. The Bertz CT molecular complexity index is 467. The van der Waals surface area contributed by atoms with E-state index in [2.05, 4.69) is 27.2 Å². The van der Waals surface area contributed by atoms with Crippen LogP contribution in [0, 0.1) is 0 Å². The zero-order valence-electron chi connectivity index (χ0n) is 13.4. The van der Waals surface area contributed by atoms with Gasteiger partial charge in [0.1, 0.15) is 0 Å². The minimum atomic E-state index is -0.421. The Labute approximate surface area is 131 Å². The molecule has 1 aromatic rings. The molecule has 124 valence electrons. The van der Waals surface area contributed by atoms with E-state index in [-0.39, 0.29) is 5.91 Å². The molecular formula is C15H26N4O3. The van der Waals surface area contributed by atoms with Crippen LogP contribution in [0.5, 0.6) is 0 Å². The first-order chi connectivity index (χ1) is 10.6. The molecule has 0 aliphatic carbocycles. The molecule has 1 aromatic heterocycles. The molecule has 1 saturated heterocycles. The summed E-state index contributed by atoms with van der Waals surface area (Å²) in [4.78, 5) is 16.6. The van der Waals surface area contributed by atoms with E-state index in [1.165, 1.54) is 0 Å². The fourth-order valence-electron chi connectivity index (χ4n) is 2.46. The predicted molar refractivity (Wildman–Crippen MR) is 82.5 cm³/mol. The molecule has 1 unspecified atom stereocenters. The first-order valence-electron chi connectivity index (χ1n) is 7.95. The number of aromatic nitrogens is 1. The smallest absolute Gasteiger partial charge is 0.273 e. The van der Waals surface area contributed by atoms with E-state index in [4.69, 9.17) is 9.63 Å². The standard InChI is InChI=1S/C15H26N4O3/c1-3-18-6-8-19(9-7-18)11-13-10-14(17-22-13)15(21)16-5-4-12(2)20/h10,12,20H,3-9,11H2,1-2H3,(H,16,21). The number of aliphatic hydroxyl groups is 1. The van der Waals surface area contributed by atoms with Crippen molar-refractivity contribution in [1.29, 1.82) is 0 Å². The van der Waals surface area contributed by atoms with Crippen LogP contribution in [-0.4, -0.2) is 71.3 Å². The molecule has 1 aliphatic rings. The highest BCUT2D eigenvalue weighted by atomic mass is 16.5. The van der Waals surface area contributed by atoms with Gasteiger partial charge in [0.15, 0.2) is 11.5 Å². The average Bonchev–Trinajstić information content (AvgIpc) is 2.96. The quantitative estimate of drug-likeness (QED) is 0.754. The predicted octanol–water partition coefficient (Wildman–Crippen LogP) is 0.313. The molecule has 0 spiro atoms. The molecular weight excluding hydrogens is 284 g/mol. The highest BCUT2D eigenvalue weighted by Crippen LogP contribution is 2.10. The highest BCUT2D eigenvalue weighted by molar-refractivity contribution is 5.92. The van der Waals surface area contributed by atoms with Gasteiger partial charge in [-0.15, -0.1) is 0 Å². The maximum absolute atomic E-state index is 11.9. The Hall–Kier alpha value is -1.44. The summed E-state index contributed by atoms with van der Waals surface area (Å²) in [5.41, 5.74) is 0.299. The van der Waals surface area contributed by atoms with Crippen LogP contribution in [-0.2, 0) is 6.54 Å². The largest absolute Gasteiger partial charge is 0.393 e. The summed E-state index contributed by atoms with van der Waals surface area (Å²) in [6.07, 6.45) is 0.105. The second-order valence-corrected chi connectivity index (χ2v) is 5.78. The van der Waals surface area contributed by atoms with Gasteiger partial charge in [0.25, 0.3) is 5.91 Å². The highest BCUT2D eigenvalue weighted by Gasteiger charge is 2.18. The van der Waals surface area contributed by atoms with E-state index in [1.54, 1.807) is 13.0 Å². The molecule has 0 radical (unpaired) electrons. The normalized spacial score (nSPS) is 18.3. The Morgan fingerprint density at radius 3 is 2.73 bits per heavy atom. The lowest BCUT2D eigenvalue weighted by Gasteiger charge is -2.33. The molecule has 1 fully saturated rings. The number of likely N-dealkylation sites (N-methyl/N-ethyl adjacent to an activating group) is 1. The van der Waals surface area contributed by atoms with Crippen LogP contribution in [0.1, 0.15) is 36.5 Å². The molecule has 22 heavy (non-hydrogen) atoms. The van der Waals surface area contributed by atoms with E-state index < -0.39 is 6.10 Å². The molecule has 2 rings (SSSR count). The second-order valence-electron chi connectivity index (χ2n) is 5.78. The fourth-order valence-corrected chi connectivity index (χ4v) is 2.46.